The molecule has 2 atom stereocenters. The highest BCUT2D eigenvalue weighted by molar-refractivity contribution is 5.84. The van der Waals surface area contributed by atoms with Gasteiger partial charge in [-0.1, -0.05) is 37.5 Å². The highest BCUT2D eigenvalue weighted by Gasteiger charge is 2.33. The molecule has 5 nitrogen and oxygen atoms in total. The van der Waals surface area contributed by atoms with Crippen molar-refractivity contribution < 1.29 is 9.59 Å². The molecule has 3 fully saturated rings. The predicted octanol–water partition coefficient (Wildman–Crippen LogP) is 3.46. The summed E-state index contributed by atoms with van der Waals surface area (Å²) in [4.78, 5) is 31.7. The molecule has 1 saturated carbocycles. The summed E-state index contributed by atoms with van der Waals surface area (Å²) in [6.45, 7) is 7.16. The van der Waals surface area contributed by atoms with Crippen molar-refractivity contribution in [2.75, 3.05) is 44.2 Å². The Morgan fingerprint density at radius 2 is 1.48 bits per heavy atom. The first-order chi connectivity index (χ1) is 14.1. The van der Waals surface area contributed by atoms with Gasteiger partial charge >= 0.3 is 0 Å². The number of nitrogens with zero attached hydrogens (tertiary/aromatic N) is 3. The highest BCUT2D eigenvalue weighted by atomic mass is 16.2. The van der Waals surface area contributed by atoms with Crippen molar-refractivity contribution in [3.8, 4) is 0 Å². The number of hydrogen-bond donors (Lipinski definition) is 0. The van der Waals surface area contributed by atoms with Gasteiger partial charge in [0.2, 0.25) is 11.8 Å². The normalized spacial score (nSPS) is 24.9. The van der Waals surface area contributed by atoms with Crippen LogP contribution in [0.4, 0.5) is 5.69 Å². The van der Waals surface area contributed by atoms with E-state index in [1.807, 2.05) is 9.80 Å². The number of piperidine rings is 1. The van der Waals surface area contributed by atoms with Gasteiger partial charge in [0, 0.05) is 57.8 Å². The predicted molar refractivity (Wildman–Crippen MR) is 116 cm³/mol. The summed E-state index contributed by atoms with van der Waals surface area (Å²) in [5.41, 5.74) is 2.54. The Labute approximate surface area is 175 Å². The topological polar surface area (TPSA) is 43.9 Å². The number of carbonyl (C=O) groups is 2. The molecule has 2 amide bonds. The molecule has 1 aromatic carbocycles. The van der Waals surface area contributed by atoms with Crippen LogP contribution in [-0.2, 0) is 9.59 Å². The fourth-order valence-corrected chi connectivity index (χ4v) is 5.47. The molecule has 0 aromatic heterocycles. The Morgan fingerprint density at radius 3 is 2.21 bits per heavy atom. The third kappa shape index (κ3) is 4.76. The molecule has 0 spiro atoms. The number of carbonyl (C=O) groups excluding carboxylic acids is 2. The van der Waals surface area contributed by atoms with E-state index in [1.54, 1.807) is 0 Å². The number of para-hydroxylation sites is 1. The molecule has 2 saturated heterocycles. The van der Waals surface area contributed by atoms with Crippen molar-refractivity contribution >= 4 is 17.5 Å². The summed E-state index contributed by atoms with van der Waals surface area (Å²) in [5.74, 6) is 1.85. The Kier molecular flexibility index (Phi) is 6.41. The maximum atomic E-state index is 12.7. The fraction of sp³-hybridized carbons (Fsp3) is 0.667. The van der Waals surface area contributed by atoms with Gasteiger partial charge in [0.05, 0.1) is 0 Å². The summed E-state index contributed by atoms with van der Waals surface area (Å²) >= 11 is 0. The number of rotatable bonds is 4. The highest BCUT2D eigenvalue weighted by Crippen LogP contribution is 2.36. The maximum Gasteiger partial charge on any atom is 0.223 e. The third-order valence-corrected chi connectivity index (χ3v) is 7.29. The second-order valence-electron chi connectivity index (χ2n) is 9.09. The van der Waals surface area contributed by atoms with E-state index >= 15 is 0 Å². The van der Waals surface area contributed by atoms with Gasteiger partial charge < -0.3 is 14.7 Å². The van der Waals surface area contributed by atoms with E-state index in [2.05, 4.69) is 36.1 Å². The molecule has 2 aliphatic heterocycles. The molecule has 3 aliphatic rings. The summed E-state index contributed by atoms with van der Waals surface area (Å²) in [5, 5.41) is 0. The van der Waals surface area contributed by atoms with Crippen LogP contribution in [-0.4, -0.2) is 60.9 Å². The molecular formula is C24H35N3O2. The summed E-state index contributed by atoms with van der Waals surface area (Å²) in [7, 11) is 0. The lowest BCUT2D eigenvalue weighted by atomic mass is 9.75. The van der Waals surface area contributed by atoms with Gasteiger partial charge in [-0.05, 0) is 43.2 Å². The lowest BCUT2D eigenvalue weighted by Gasteiger charge is -2.41. The second-order valence-corrected chi connectivity index (χ2v) is 9.09. The number of benzene rings is 1. The van der Waals surface area contributed by atoms with Crippen LogP contribution in [0.5, 0.6) is 0 Å². The third-order valence-electron chi connectivity index (χ3n) is 7.29. The molecule has 2 heterocycles. The Hall–Kier alpha value is -2.04. The lowest BCUT2D eigenvalue weighted by Crippen LogP contribution is -2.49. The van der Waals surface area contributed by atoms with E-state index < -0.39 is 0 Å². The number of anilines is 1. The van der Waals surface area contributed by atoms with Gasteiger partial charge in [-0.15, -0.1) is 0 Å². The average Bonchev–Trinajstić information content (AvgIpc) is 2.77. The minimum absolute atomic E-state index is 0.135. The number of piperazine rings is 1. The molecule has 29 heavy (non-hydrogen) atoms. The van der Waals surface area contributed by atoms with Gasteiger partial charge in [-0.2, -0.15) is 0 Å². The van der Waals surface area contributed by atoms with Crippen LogP contribution in [0.2, 0.25) is 0 Å². The SMILES string of the molecule is Cc1ccccc1N1CCN(C(=O)CCC(=O)N2CCC3CCCCC3C2)CC1. The van der Waals surface area contributed by atoms with Crippen LogP contribution in [0.15, 0.2) is 24.3 Å². The molecule has 158 valence electrons. The van der Waals surface area contributed by atoms with Crippen molar-refractivity contribution in [3.05, 3.63) is 29.8 Å². The molecular weight excluding hydrogens is 362 g/mol. The number of amides is 2. The first-order valence-corrected chi connectivity index (χ1v) is 11.5. The minimum atomic E-state index is 0.135. The van der Waals surface area contributed by atoms with Crippen LogP contribution in [0.3, 0.4) is 0 Å². The zero-order valence-electron chi connectivity index (χ0n) is 17.8. The smallest absolute Gasteiger partial charge is 0.223 e. The Morgan fingerprint density at radius 1 is 0.828 bits per heavy atom. The number of aryl methyl sites for hydroxylation is 1. The van der Waals surface area contributed by atoms with Gasteiger partial charge in [0.25, 0.3) is 0 Å². The maximum absolute atomic E-state index is 12.7. The second kappa shape index (κ2) is 9.19. The summed E-state index contributed by atoms with van der Waals surface area (Å²) in [6.07, 6.45) is 7.18. The van der Waals surface area contributed by atoms with Crippen LogP contribution in [0.25, 0.3) is 0 Å². The largest absolute Gasteiger partial charge is 0.368 e. The number of fused-ring (bicyclic) bond motifs is 1. The van der Waals surface area contributed by atoms with Crippen molar-refractivity contribution in [1.82, 2.24) is 9.80 Å². The van der Waals surface area contributed by atoms with E-state index in [-0.39, 0.29) is 11.8 Å². The van der Waals surface area contributed by atoms with E-state index in [1.165, 1.54) is 36.9 Å². The zero-order valence-corrected chi connectivity index (χ0v) is 17.8. The quantitative estimate of drug-likeness (QED) is 0.781. The molecule has 1 aromatic rings. The van der Waals surface area contributed by atoms with Crippen molar-refractivity contribution in [1.29, 1.82) is 0 Å². The molecule has 2 unspecified atom stereocenters. The molecule has 1 aliphatic carbocycles. The van der Waals surface area contributed by atoms with Crippen molar-refractivity contribution in [2.24, 2.45) is 11.8 Å². The average molecular weight is 398 g/mol. The zero-order chi connectivity index (χ0) is 20.2. The van der Waals surface area contributed by atoms with E-state index in [0.717, 1.165) is 51.6 Å². The van der Waals surface area contributed by atoms with Crippen LogP contribution in [0.1, 0.15) is 50.5 Å². The number of likely N-dealkylation sites (tertiary alicyclic amines) is 1. The van der Waals surface area contributed by atoms with Crippen LogP contribution < -0.4 is 4.90 Å². The Balaban J connectivity index is 1.21. The summed E-state index contributed by atoms with van der Waals surface area (Å²) < 4.78 is 0. The standard InChI is InChI=1S/C24H35N3O2/c1-19-6-2-5-9-22(19)25-14-16-26(17-15-25)23(28)10-11-24(29)27-13-12-20-7-3-4-8-21(20)18-27/h2,5-6,9,20-21H,3-4,7-8,10-18H2,1H3. The van der Waals surface area contributed by atoms with E-state index in [4.69, 9.17) is 0 Å². The van der Waals surface area contributed by atoms with E-state index in [9.17, 15) is 9.59 Å². The minimum Gasteiger partial charge on any atom is -0.368 e. The number of hydrogen-bond acceptors (Lipinski definition) is 3. The van der Waals surface area contributed by atoms with Gasteiger partial charge in [0.1, 0.15) is 0 Å². The van der Waals surface area contributed by atoms with Crippen molar-refractivity contribution in [2.45, 2.75) is 51.9 Å². The van der Waals surface area contributed by atoms with Gasteiger partial charge in [-0.3, -0.25) is 9.59 Å². The van der Waals surface area contributed by atoms with Crippen LogP contribution in [0, 0.1) is 18.8 Å². The van der Waals surface area contributed by atoms with E-state index in [0.29, 0.717) is 18.8 Å². The first-order valence-electron chi connectivity index (χ1n) is 11.5. The molecule has 4 rings (SSSR count). The molecule has 0 radical (unpaired) electrons. The fourth-order valence-electron chi connectivity index (χ4n) is 5.47. The van der Waals surface area contributed by atoms with Crippen LogP contribution >= 0.6 is 0 Å². The molecule has 0 bridgehead atoms. The summed E-state index contributed by atoms with van der Waals surface area (Å²) in [6, 6.07) is 8.42. The lowest BCUT2D eigenvalue weighted by molar-refractivity contribution is -0.139. The monoisotopic (exact) mass is 397 g/mol. The van der Waals surface area contributed by atoms with Crippen molar-refractivity contribution in [3.63, 3.8) is 0 Å². The first kappa shape index (κ1) is 20.2. The van der Waals surface area contributed by atoms with Gasteiger partial charge in [-0.25, -0.2) is 0 Å². The Bertz CT molecular complexity index is 727. The molecule has 0 N–H and O–H groups in total. The molecule has 5 heteroatoms. The van der Waals surface area contributed by atoms with Gasteiger partial charge in [0.15, 0.2) is 0 Å².